The predicted octanol–water partition coefficient (Wildman–Crippen LogP) is 3.82. The minimum Gasteiger partial charge on any atom is -0.468 e. The average Bonchev–Trinajstić information content (AvgIpc) is 3.23. The Kier molecular flexibility index (Phi) is 9.85. The molecule has 0 saturated carbocycles. The summed E-state index contributed by atoms with van der Waals surface area (Å²) in [5.41, 5.74) is 0. The maximum Gasteiger partial charge on any atom is 0.317 e. The van der Waals surface area contributed by atoms with Gasteiger partial charge in [-0.15, -0.1) is 0 Å². The van der Waals surface area contributed by atoms with Gasteiger partial charge in [0, 0.05) is 26.2 Å². The predicted molar refractivity (Wildman–Crippen MR) is 114 cm³/mol. The second kappa shape index (κ2) is 12.1. The molecule has 2 amide bonds. The first-order valence-electron chi connectivity index (χ1n) is 11.1. The Morgan fingerprint density at radius 1 is 1.18 bits per heavy atom. The Balaban J connectivity index is 1.96. The van der Waals surface area contributed by atoms with Gasteiger partial charge in [0.2, 0.25) is 0 Å². The van der Waals surface area contributed by atoms with Crippen LogP contribution in [0.25, 0.3) is 0 Å². The number of carbonyl (C=O) groups is 1. The summed E-state index contributed by atoms with van der Waals surface area (Å²) in [6.07, 6.45) is 5.45. The molecule has 0 bridgehead atoms. The molecule has 0 spiro atoms. The number of hydrogen-bond donors (Lipinski definition) is 1. The maximum atomic E-state index is 13.0. The van der Waals surface area contributed by atoms with Gasteiger partial charge < -0.3 is 19.5 Å². The summed E-state index contributed by atoms with van der Waals surface area (Å²) in [6, 6.07) is 4.11. The minimum atomic E-state index is 0.0365. The molecule has 1 unspecified atom stereocenters. The molecule has 1 aromatic rings. The van der Waals surface area contributed by atoms with Gasteiger partial charge in [0.25, 0.3) is 0 Å². The molecule has 1 N–H and O–H groups in total. The highest BCUT2D eigenvalue weighted by atomic mass is 16.3. The van der Waals surface area contributed by atoms with Crippen LogP contribution in [-0.4, -0.2) is 73.1 Å². The molecule has 0 aliphatic carbocycles. The van der Waals surface area contributed by atoms with Crippen LogP contribution >= 0.6 is 0 Å². The average molecular weight is 393 g/mol. The zero-order valence-electron chi connectivity index (χ0n) is 18.3. The number of nitrogens with one attached hydrogen (secondary N) is 1. The lowest BCUT2D eigenvalue weighted by Gasteiger charge is -2.34. The van der Waals surface area contributed by atoms with E-state index in [1.807, 2.05) is 17.0 Å². The first kappa shape index (κ1) is 22.8. The highest BCUT2D eigenvalue weighted by Gasteiger charge is 2.26. The highest BCUT2D eigenvalue weighted by Crippen LogP contribution is 2.24. The topological polar surface area (TPSA) is 52.0 Å². The number of urea groups is 1. The van der Waals surface area contributed by atoms with E-state index < -0.39 is 0 Å². The van der Waals surface area contributed by atoms with Gasteiger partial charge in [-0.05, 0) is 57.1 Å². The molecule has 1 saturated heterocycles. The van der Waals surface area contributed by atoms with E-state index >= 15 is 0 Å². The number of hydrogen-bond acceptors (Lipinski definition) is 4. The molecule has 1 aliphatic rings. The van der Waals surface area contributed by atoms with E-state index in [1.165, 1.54) is 19.3 Å². The molecule has 2 heterocycles. The number of rotatable bonds is 11. The van der Waals surface area contributed by atoms with Crippen molar-refractivity contribution in [3.05, 3.63) is 24.2 Å². The van der Waals surface area contributed by atoms with E-state index in [-0.39, 0.29) is 12.1 Å². The van der Waals surface area contributed by atoms with Crippen LogP contribution in [0, 0.1) is 5.92 Å². The van der Waals surface area contributed by atoms with Crippen LogP contribution in [0.2, 0.25) is 0 Å². The Hall–Kier alpha value is -1.53. The smallest absolute Gasteiger partial charge is 0.317 e. The summed E-state index contributed by atoms with van der Waals surface area (Å²) in [7, 11) is 0. The molecule has 1 fully saturated rings. The number of furan rings is 1. The lowest BCUT2D eigenvalue weighted by Crippen LogP contribution is -2.48. The van der Waals surface area contributed by atoms with Gasteiger partial charge in [-0.2, -0.15) is 0 Å². The molecule has 1 aromatic heterocycles. The molecule has 28 heavy (non-hydrogen) atoms. The molecule has 1 atom stereocenters. The van der Waals surface area contributed by atoms with Crippen molar-refractivity contribution < 1.29 is 9.21 Å². The minimum absolute atomic E-state index is 0.0365. The van der Waals surface area contributed by atoms with Gasteiger partial charge >= 0.3 is 6.03 Å². The molecular formula is C22H40N4O2. The summed E-state index contributed by atoms with van der Waals surface area (Å²) < 4.78 is 5.70. The van der Waals surface area contributed by atoms with Crippen LogP contribution in [-0.2, 0) is 0 Å². The Morgan fingerprint density at radius 2 is 1.89 bits per heavy atom. The largest absolute Gasteiger partial charge is 0.468 e. The molecule has 2 rings (SSSR count). The van der Waals surface area contributed by atoms with Crippen LogP contribution in [0.3, 0.4) is 0 Å². The molecule has 6 nitrogen and oxygen atoms in total. The Morgan fingerprint density at radius 3 is 2.46 bits per heavy atom. The van der Waals surface area contributed by atoms with Crippen LogP contribution < -0.4 is 5.32 Å². The lowest BCUT2D eigenvalue weighted by molar-refractivity contribution is 0.137. The zero-order valence-corrected chi connectivity index (χ0v) is 18.3. The third kappa shape index (κ3) is 7.13. The van der Waals surface area contributed by atoms with E-state index in [4.69, 9.17) is 4.42 Å². The van der Waals surface area contributed by atoms with E-state index in [1.54, 1.807) is 6.26 Å². The van der Waals surface area contributed by atoms with Gasteiger partial charge in [-0.3, -0.25) is 4.90 Å². The van der Waals surface area contributed by atoms with Crippen molar-refractivity contribution in [2.24, 2.45) is 5.92 Å². The van der Waals surface area contributed by atoms with Gasteiger partial charge in [0.15, 0.2) is 0 Å². The molecule has 160 valence electrons. The Labute approximate surface area is 171 Å². The van der Waals surface area contributed by atoms with Crippen molar-refractivity contribution >= 4 is 6.03 Å². The summed E-state index contributed by atoms with van der Waals surface area (Å²) in [4.78, 5) is 19.8. The third-order valence-electron chi connectivity index (χ3n) is 5.60. The molecule has 0 radical (unpaired) electrons. The van der Waals surface area contributed by atoms with Gasteiger partial charge in [-0.25, -0.2) is 4.79 Å². The number of nitrogens with zero attached hydrogens (tertiary/aromatic N) is 3. The second-order valence-corrected chi connectivity index (χ2v) is 8.18. The lowest BCUT2D eigenvalue weighted by atomic mass is 10.1. The van der Waals surface area contributed by atoms with Crippen molar-refractivity contribution in [3.8, 4) is 0 Å². The van der Waals surface area contributed by atoms with Crippen LogP contribution in [0.5, 0.6) is 0 Å². The SMILES string of the molecule is CCN(CC)CCN(CC(C)C)C(=O)NCC(c1ccco1)N1CCCCC1. The summed E-state index contributed by atoms with van der Waals surface area (Å²) >= 11 is 0. The normalized spacial score (nSPS) is 16.5. The van der Waals surface area contributed by atoms with E-state index in [0.29, 0.717) is 12.5 Å². The van der Waals surface area contributed by atoms with Crippen molar-refractivity contribution in [3.63, 3.8) is 0 Å². The molecule has 0 aromatic carbocycles. The van der Waals surface area contributed by atoms with E-state index in [9.17, 15) is 4.79 Å². The second-order valence-electron chi connectivity index (χ2n) is 8.18. The number of piperidine rings is 1. The fourth-order valence-corrected chi connectivity index (χ4v) is 3.93. The number of likely N-dealkylation sites (N-methyl/N-ethyl adjacent to an activating group) is 1. The van der Waals surface area contributed by atoms with E-state index in [2.05, 4.69) is 42.8 Å². The van der Waals surface area contributed by atoms with Gasteiger partial charge in [0.05, 0.1) is 12.3 Å². The third-order valence-corrected chi connectivity index (χ3v) is 5.60. The number of likely N-dealkylation sites (tertiary alicyclic amines) is 1. The zero-order chi connectivity index (χ0) is 20.4. The molecule has 1 aliphatic heterocycles. The summed E-state index contributed by atoms with van der Waals surface area (Å²) in [6.45, 7) is 15.9. The first-order chi connectivity index (χ1) is 13.5. The van der Waals surface area contributed by atoms with Crippen molar-refractivity contribution in [1.82, 2.24) is 20.0 Å². The van der Waals surface area contributed by atoms with Crippen LogP contribution in [0.15, 0.2) is 22.8 Å². The standard InChI is InChI=1S/C22H40N4O2/c1-5-24(6-2)14-15-26(18-19(3)4)22(27)23-17-20(21-11-10-16-28-21)25-12-8-7-9-13-25/h10-11,16,19-20H,5-9,12-15,17-18H2,1-4H3,(H,23,27). The summed E-state index contributed by atoms with van der Waals surface area (Å²) in [5, 5.41) is 3.20. The maximum absolute atomic E-state index is 13.0. The first-order valence-corrected chi connectivity index (χ1v) is 11.1. The fraction of sp³-hybridized carbons (Fsp3) is 0.773. The highest BCUT2D eigenvalue weighted by molar-refractivity contribution is 5.74. The van der Waals surface area contributed by atoms with Crippen molar-refractivity contribution in [2.75, 3.05) is 52.4 Å². The Bertz CT molecular complexity index is 537. The number of carbonyl (C=O) groups excluding carboxylic acids is 1. The van der Waals surface area contributed by atoms with Crippen LogP contribution in [0.1, 0.15) is 58.8 Å². The monoisotopic (exact) mass is 392 g/mol. The van der Waals surface area contributed by atoms with Crippen molar-refractivity contribution in [2.45, 2.75) is 53.0 Å². The van der Waals surface area contributed by atoms with Gasteiger partial charge in [-0.1, -0.05) is 34.1 Å². The fourth-order valence-electron chi connectivity index (χ4n) is 3.93. The van der Waals surface area contributed by atoms with Crippen molar-refractivity contribution in [1.29, 1.82) is 0 Å². The van der Waals surface area contributed by atoms with Gasteiger partial charge in [0.1, 0.15) is 5.76 Å². The number of amides is 2. The molecular weight excluding hydrogens is 352 g/mol. The van der Waals surface area contributed by atoms with E-state index in [0.717, 1.165) is 51.6 Å². The van der Waals surface area contributed by atoms with Crippen LogP contribution in [0.4, 0.5) is 4.79 Å². The summed E-state index contributed by atoms with van der Waals surface area (Å²) in [5.74, 6) is 1.39. The molecule has 6 heteroatoms. The quantitative estimate of drug-likeness (QED) is 0.622.